The third-order valence-electron chi connectivity index (χ3n) is 3.28. The van der Waals surface area contributed by atoms with Crippen LogP contribution in [0.1, 0.15) is 36.1 Å². The molecule has 0 atom stereocenters. The first-order chi connectivity index (χ1) is 11.9. The fourth-order valence-corrected chi connectivity index (χ4v) is 2.82. The number of carbonyl (C=O) groups excluding carboxylic acids is 1. The Morgan fingerprint density at radius 3 is 2.60 bits per heavy atom. The lowest BCUT2D eigenvalue weighted by atomic mass is 9.98. The Balaban J connectivity index is 1.80. The van der Waals surface area contributed by atoms with Gasteiger partial charge in [-0.1, -0.05) is 44.2 Å². The summed E-state index contributed by atoms with van der Waals surface area (Å²) >= 11 is 1.37. The molecule has 128 valence electrons. The topological polar surface area (TPSA) is 77.0 Å². The number of amides is 1. The van der Waals surface area contributed by atoms with E-state index in [1.54, 1.807) is 42.7 Å². The van der Waals surface area contributed by atoms with E-state index in [-0.39, 0.29) is 11.3 Å². The molecular formula is C18H18N4O2S. The predicted octanol–water partition coefficient (Wildman–Crippen LogP) is 4.28. The molecule has 0 unspecified atom stereocenters. The molecule has 0 aliphatic carbocycles. The Hall–Kier alpha value is -2.80. The minimum atomic E-state index is -0.295. The van der Waals surface area contributed by atoms with Crippen molar-refractivity contribution in [2.45, 2.75) is 26.2 Å². The highest BCUT2D eigenvalue weighted by Gasteiger charge is 2.21. The molecule has 2 aromatic heterocycles. The lowest BCUT2D eigenvalue weighted by Gasteiger charge is -2.12. The molecule has 7 heteroatoms. The SMILES string of the molecule is CC(C)(C)c1nnc(NC(=O)c2ccccc2Oc2cccnc2)s1. The van der Waals surface area contributed by atoms with Gasteiger partial charge in [-0.2, -0.15) is 0 Å². The van der Waals surface area contributed by atoms with Gasteiger partial charge < -0.3 is 4.74 Å². The maximum atomic E-state index is 12.6. The number of pyridine rings is 1. The van der Waals surface area contributed by atoms with E-state index in [4.69, 9.17) is 4.74 Å². The van der Waals surface area contributed by atoms with Crippen LogP contribution < -0.4 is 10.1 Å². The zero-order valence-electron chi connectivity index (χ0n) is 14.2. The molecule has 1 N–H and O–H groups in total. The molecule has 0 saturated heterocycles. The minimum Gasteiger partial charge on any atom is -0.455 e. The number of hydrogen-bond donors (Lipinski definition) is 1. The average Bonchev–Trinajstić information content (AvgIpc) is 3.05. The van der Waals surface area contributed by atoms with Crippen LogP contribution >= 0.6 is 11.3 Å². The molecule has 0 saturated carbocycles. The van der Waals surface area contributed by atoms with Crippen LogP contribution in [0.15, 0.2) is 48.8 Å². The van der Waals surface area contributed by atoms with Gasteiger partial charge in [-0.25, -0.2) is 0 Å². The second kappa shape index (κ2) is 6.98. The lowest BCUT2D eigenvalue weighted by molar-refractivity contribution is 0.102. The van der Waals surface area contributed by atoms with Gasteiger partial charge in [0, 0.05) is 11.6 Å². The molecule has 3 rings (SSSR count). The molecular weight excluding hydrogens is 336 g/mol. The second-order valence-corrected chi connectivity index (χ2v) is 7.38. The van der Waals surface area contributed by atoms with Gasteiger partial charge in [-0.3, -0.25) is 15.1 Å². The van der Waals surface area contributed by atoms with Crippen LogP contribution in [0.4, 0.5) is 5.13 Å². The number of anilines is 1. The highest BCUT2D eigenvalue weighted by molar-refractivity contribution is 7.15. The van der Waals surface area contributed by atoms with Crippen LogP contribution in [-0.2, 0) is 5.41 Å². The summed E-state index contributed by atoms with van der Waals surface area (Å²) in [5.74, 6) is 0.721. The highest BCUT2D eigenvalue weighted by atomic mass is 32.1. The van der Waals surface area contributed by atoms with Crippen molar-refractivity contribution in [1.29, 1.82) is 0 Å². The van der Waals surface area contributed by atoms with Crippen LogP contribution in [0.5, 0.6) is 11.5 Å². The van der Waals surface area contributed by atoms with Gasteiger partial charge >= 0.3 is 0 Å². The van der Waals surface area contributed by atoms with E-state index in [1.807, 2.05) is 6.07 Å². The number of rotatable bonds is 4. The summed E-state index contributed by atoms with van der Waals surface area (Å²) in [4.78, 5) is 16.6. The maximum Gasteiger partial charge on any atom is 0.261 e. The third-order valence-corrected chi connectivity index (χ3v) is 4.55. The monoisotopic (exact) mass is 354 g/mol. The fraction of sp³-hybridized carbons (Fsp3) is 0.222. The molecule has 0 aliphatic rings. The summed E-state index contributed by atoms with van der Waals surface area (Å²) in [7, 11) is 0. The van der Waals surface area contributed by atoms with Crippen LogP contribution in [-0.4, -0.2) is 21.1 Å². The van der Waals surface area contributed by atoms with Gasteiger partial charge in [0.2, 0.25) is 5.13 Å². The van der Waals surface area contributed by atoms with Gasteiger partial charge in [-0.05, 0) is 24.3 Å². The maximum absolute atomic E-state index is 12.6. The van der Waals surface area contributed by atoms with Gasteiger partial charge in [0.25, 0.3) is 5.91 Å². The molecule has 0 fully saturated rings. The van der Waals surface area contributed by atoms with Crippen molar-refractivity contribution in [2.75, 3.05) is 5.32 Å². The Bertz CT molecular complexity index is 872. The zero-order chi connectivity index (χ0) is 17.9. The van der Waals surface area contributed by atoms with E-state index in [1.165, 1.54) is 11.3 Å². The molecule has 0 spiro atoms. The van der Waals surface area contributed by atoms with E-state index < -0.39 is 0 Å². The zero-order valence-corrected chi connectivity index (χ0v) is 15.0. The minimum absolute atomic E-state index is 0.109. The quantitative estimate of drug-likeness (QED) is 0.757. The number of para-hydroxylation sites is 1. The first-order valence-electron chi connectivity index (χ1n) is 7.76. The van der Waals surface area contributed by atoms with Crippen LogP contribution in [0, 0.1) is 0 Å². The van der Waals surface area contributed by atoms with Gasteiger partial charge in [0.15, 0.2) is 0 Å². The van der Waals surface area contributed by atoms with Gasteiger partial charge in [-0.15, -0.1) is 10.2 Å². The lowest BCUT2D eigenvalue weighted by Crippen LogP contribution is -2.12. The molecule has 0 aliphatic heterocycles. The Morgan fingerprint density at radius 2 is 1.92 bits per heavy atom. The number of nitrogens with zero attached hydrogens (tertiary/aromatic N) is 3. The number of nitrogens with one attached hydrogen (secondary N) is 1. The van der Waals surface area contributed by atoms with E-state index in [2.05, 4.69) is 41.3 Å². The highest BCUT2D eigenvalue weighted by Crippen LogP contribution is 2.29. The Morgan fingerprint density at radius 1 is 1.12 bits per heavy atom. The molecule has 3 aromatic rings. The van der Waals surface area contributed by atoms with Crippen LogP contribution in [0.2, 0.25) is 0 Å². The second-order valence-electron chi connectivity index (χ2n) is 6.40. The first kappa shape index (κ1) is 17.0. The van der Waals surface area contributed by atoms with Crippen molar-refractivity contribution >= 4 is 22.4 Å². The summed E-state index contributed by atoms with van der Waals surface area (Å²) in [6.07, 6.45) is 3.25. The van der Waals surface area contributed by atoms with Crippen LogP contribution in [0.3, 0.4) is 0 Å². The third kappa shape index (κ3) is 4.19. The molecule has 0 radical (unpaired) electrons. The van der Waals surface area contributed by atoms with Crippen molar-refractivity contribution in [1.82, 2.24) is 15.2 Å². The van der Waals surface area contributed by atoms with Gasteiger partial charge in [0.05, 0.1) is 11.8 Å². The number of benzene rings is 1. The van der Waals surface area contributed by atoms with Crippen molar-refractivity contribution in [3.63, 3.8) is 0 Å². The standard InChI is InChI=1S/C18H18N4O2S/c1-18(2,3)16-21-22-17(25-16)20-15(23)13-8-4-5-9-14(13)24-12-7-6-10-19-11-12/h4-11H,1-3H3,(H,20,22,23). The van der Waals surface area contributed by atoms with E-state index in [0.717, 1.165) is 5.01 Å². The smallest absolute Gasteiger partial charge is 0.261 e. The molecule has 25 heavy (non-hydrogen) atoms. The summed E-state index contributed by atoms with van der Waals surface area (Å²) in [5, 5.41) is 12.3. The van der Waals surface area contributed by atoms with E-state index in [9.17, 15) is 4.79 Å². The number of ether oxygens (including phenoxy) is 1. The van der Waals surface area contributed by atoms with Gasteiger partial charge in [0.1, 0.15) is 16.5 Å². The van der Waals surface area contributed by atoms with Crippen molar-refractivity contribution < 1.29 is 9.53 Å². The van der Waals surface area contributed by atoms with Crippen LogP contribution in [0.25, 0.3) is 0 Å². The average molecular weight is 354 g/mol. The number of carbonyl (C=O) groups is 1. The number of aromatic nitrogens is 3. The summed E-state index contributed by atoms with van der Waals surface area (Å²) in [6, 6.07) is 10.6. The van der Waals surface area contributed by atoms with Crippen molar-refractivity contribution in [2.24, 2.45) is 0 Å². The Kier molecular flexibility index (Phi) is 4.76. The predicted molar refractivity (Wildman–Crippen MR) is 97.3 cm³/mol. The van der Waals surface area contributed by atoms with Crippen molar-refractivity contribution in [3.05, 3.63) is 59.4 Å². The van der Waals surface area contributed by atoms with E-state index in [0.29, 0.717) is 22.2 Å². The summed E-state index contributed by atoms with van der Waals surface area (Å²) < 4.78 is 5.77. The number of hydrogen-bond acceptors (Lipinski definition) is 6. The fourth-order valence-electron chi connectivity index (χ4n) is 2.02. The van der Waals surface area contributed by atoms with Crippen molar-refractivity contribution in [3.8, 4) is 11.5 Å². The first-order valence-corrected chi connectivity index (χ1v) is 8.57. The molecule has 0 bridgehead atoms. The molecule has 2 heterocycles. The molecule has 1 aromatic carbocycles. The summed E-state index contributed by atoms with van der Waals surface area (Å²) in [5.41, 5.74) is 0.306. The largest absolute Gasteiger partial charge is 0.455 e. The molecule has 1 amide bonds. The molecule has 6 nitrogen and oxygen atoms in total. The van der Waals surface area contributed by atoms with E-state index >= 15 is 0 Å². The normalized spacial score (nSPS) is 11.2. The Labute approximate surface area is 149 Å². The summed E-state index contributed by atoms with van der Waals surface area (Å²) in [6.45, 7) is 6.16.